The molecule has 0 aliphatic rings. The first kappa shape index (κ1) is 13.2. The van der Waals surface area contributed by atoms with Gasteiger partial charge >= 0.3 is 0 Å². The molecule has 1 heterocycles. The SMILES string of the molecule is Cn1cc(CNC(C)(C)CC(C)(C)C)cn1. The number of aromatic nitrogens is 2. The van der Waals surface area contributed by atoms with Crippen LogP contribution in [0.1, 0.15) is 46.6 Å². The molecule has 0 bridgehead atoms. The lowest BCUT2D eigenvalue weighted by Gasteiger charge is -2.33. The molecule has 92 valence electrons. The first-order valence-electron chi connectivity index (χ1n) is 5.91. The smallest absolute Gasteiger partial charge is 0.0534 e. The number of rotatable bonds is 4. The maximum absolute atomic E-state index is 4.17. The molecule has 0 radical (unpaired) electrons. The van der Waals surface area contributed by atoms with Gasteiger partial charge in [0, 0.05) is 30.9 Å². The third kappa shape index (κ3) is 4.79. The Kier molecular flexibility index (Phi) is 3.79. The first-order valence-corrected chi connectivity index (χ1v) is 5.91. The van der Waals surface area contributed by atoms with Gasteiger partial charge in [-0.2, -0.15) is 5.10 Å². The second-order valence-electron chi connectivity index (χ2n) is 6.50. The van der Waals surface area contributed by atoms with E-state index < -0.39 is 0 Å². The van der Waals surface area contributed by atoms with Crippen molar-refractivity contribution in [1.29, 1.82) is 0 Å². The van der Waals surface area contributed by atoms with Gasteiger partial charge < -0.3 is 5.32 Å². The fourth-order valence-electron chi connectivity index (χ4n) is 2.29. The summed E-state index contributed by atoms with van der Waals surface area (Å²) in [5, 5.41) is 7.76. The van der Waals surface area contributed by atoms with Crippen molar-refractivity contribution in [2.45, 2.75) is 53.1 Å². The van der Waals surface area contributed by atoms with Gasteiger partial charge in [0.25, 0.3) is 0 Å². The molecule has 0 aromatic carbocycles. The summed E-state index contributed by atoms with van der Waals surface area (Å²) < 4.78 is 1.84. The molecule has 0 fully saturated rings. The molecule has 0 aliphatic carbocycles. The molecule has 1 rings (SSSR count). The van der Waals surface area contributed by atoms with Crippen LogP contribution in [0.5, 0.6) is 0 Å². The summed E-state index contributed by atoms with van der Waals surface area (Å²) in [6.07, 6.45) is 5.13. The minimum atomic E-state index is 0.161. The van der Waals surface area contributed by atoms with Gasteiger partial charge in [0.05, 0.1) is 6.20 Å². The van der Waals surface area contributed by atoms with Crippen molar-refractivity contribution in [3.8, 4) is 0 Å². The molecule has 3 heteroatoms. The molecule has 0 aliphatic heterocycles. The second kappa shape index (κ2) is 4.58. The Morgan fingerprint density at radius 1 is 1.25 bits per heavy atom. The third-order valence-corrected chi connectivity index (χ3v) is 2.50. The molecule has 0 unspecified atom stereocenters. The minimum Gasteiger partial charge on any atom is -0.308 e. The Morgan fingerprint density at radius 2 is 1.88 bits per heavy atom. The lowest BCUT2D eigenvalue weighted by atomic mass is 9.82. The molecule has 1 N–H and O–H groups in total. The number of aryl methyl sites for hydroxylation is 1. The predicted octanol–water partition coefficient (Wildman–Crippen LogP) is 2.72. The van der Waals surface area contributed by atoms with E-state index in [0.29, 0.717) is 5.41 Å². The highest BCUT2D eigenvalue weighted by molar-refractivity contribution is 5.04. The van der Waals surface area contributed by atoms with E-state index in [1.807, 2.05) is 17.9 Å². The molecule has 0 atom stereocenters. The van der Waals surface area contributed by atoms with Crippen molar-refractivity contribution in [2.75, 3.05) is 0 Å². The number of nitrogens with one attached hydrogen (secondary N) is 1. The summed E-state index contributed by atoms with van der Waals surface area (Å²) >= 11 is 0. The fourth-order valence-corrected chi connectivity index (χ4v) is 2.29. The van der Waals surface area contributed by atoms with Gasteiger partial charge in [0.1, 0.15) is 0 Å². The molecule has 3 nitrogen and oxygen atoms in total. The molecule has 0 spiro atoms. The van der Waals surface area contributed by atoms with E-state index in [4.69, 9.17) is 0 Å². The average Bonchev–Trinajstić information content (AvgIpc) is 2.44. The van der Waals surface area contributed by atoms with Crippen LogP contribution in [0.2, 0.25) is 0 Å². The lowest BCUT2D eigenvalue weighted by Crippen LogP contribution is -2.41. The van der Waals surface area contributed by atoms with Gasteiger partial charge in [-0.15, -0.1) is 0 Å². The third-order valence-electron chi connectivity index (χ3n) is 2.50. The minimum absolute atomic E-state index is 0.161. The van der Waals surface area contributed by atoms with Gasteiger partial charge in [-0.05, 0) is 25.7 Å². The zero-order valence-corrected chi connectivity index (χ0v) is 11.5. The molecular weight excluding hydrogens is 198 g/mol. The summed E-state index contributed by atoms with van der Waals surface area (Å²) in [6, 6.07) is 0. The highest BCUT2D eigenvalue weighted by atomic mass is 15.2. The Balaban J connectivity index is 2.47. The topological polar surface area (TPSA) is 29.9 Å². The van der Waals surface area contributed by atoms with Crippen molar-refractivity contribution in [2.24, 2.45) is 12.5 Å². The van der Waals surface area contributed by atoms with Gasteiger partial charge in [-0.25, -0.2) is 0 Å². The molecule has 16 heavy (non-hydrogen) atoms. The van der Waals surface area contributed by atoms with Crippen LogP contribution < -0.4 is 5.32 Å². The molecule has 0 saturated carbocycles. The highest BCUT2D eigenvalue weighted by Crippen LogP contribution is 2.26. The zero-order valence-electron chi connectivity index (χ0n) is 11.5. The Labute approximate surface area is 99.2 Å². The van der Waals surface area contributed by atoms with Crippen molar-refractivity contribution in [1.82, 2.24) is 15.1 Å². The van der Waals surface area contributed by atoms with Gasteiger partial charge in [-0.3, -0.25) is 4.68 Å². The Bertz CT molecular complexity index is 331. The fraction of sp³-hybridized carbons (Fsp3) is 0.769. The summed E-state index contributed by atoms with van der Waals surface area (Å²) in [7, 11) is 1.95. The summed E-state index contributed by atoms with van der Waals surface area (Å²) in [6.45, 7) is 12.2. The Morgan fingerprint density at radius 3 is 2.31 bits per heavy atom. The van der Waals surface area contributed by atoms with Crippen LogP contribution in [0.15, 0.2) is 12.4 Å². The van der Waals surface area contributed by atoms with Crippen molar-refractivity contribution < 1.29 is 0 Å². The van der Waals surface area contributed by atoms with Gasteiger partial charge in [0.15, 0.2) is 0 Å². The van der Waals surface area contributed by atoms with E-state index in [1.54, 1.807) is 0 Å². The number of nitrogens with zero attached hydrogens (tertiary/aromatic N) is 2. The lowest BCUT2D eigenvalue weighted by molar-refractivity contribution is 0.240. The van der Waals surface area contributed by atoms with E-state index in [2.05, 4.69) is 51.2 Å². The monoisotopic (exact) mass is 223 g/mol. The average molecular weight is 223 g/mol. The maximum Gasteiger partial charge on any atom is 0.0534 e. The van der Waals surface area contributed by atoms with Crippen molar-refractivity contribution in [3.63, 3.8) is 0 Å². The molecular formula is C13H25N3. The molecule has 1 aromatic heterocycles. The second-order valence-corrected chi connectivity index (χ2v) is 6.50. The normalized spacial score (nSPS) is 13.1. The van der Waals surface area contributed by atoms with E-state index in [1.165, 1.54) is 5.56 Å². The predicted molar refractivity (Wildman–Crippen MR) is 68.2 cm³/mol. The van der Waals surface area contributed by atoms with Crippen LogP contribution in [-0.4, -0.2) is 15.3 Å². The van der Waals surface area contributed by atoms with Crippen LogP contribution in [-0.2, 0) is 13.6 Å². The standard InChI is InChI=1S/C13H25N3/c1-12(2,3)10-13(4,5)14-7-11-8-15-16(6)9-11/h8-9,14H,7,10H2,1-6H3. The van der Waals surface area contributed by atoms with Crippen LogP contribution in [0, 0.1) is 5.41 Å². The molecule has 0 amide bonds. The maximum atomic E-state index is 4.17. The number of hydrogen-bond donors (Lipinski definition) is 1. The van der Waals surface area contributed by atoms with Crippen LogP contribution in [0.3, 0.4) is 0 Å². The summed E-state index contributed by atoms with van der Waals surface area (Å²) in [5.41, 5.74) is 1.75. The summed E-state index contributed by atoms with van der Waals surface area (Å²) in [5.74, 6) is 0. The largest absolute Gasteiger partial charge is 0.308 e. The van der Waals surface area contributed by atoms with E-state index >= 15 is 0 Å². The van der Waals surface area contributed by atoms with Gasteiger partial charge in [0.2, 0.25) is 0 Å². The molecule has 1 aromatic rings. The molecule has 0 saturated heterocycles. The van der Waals surface area contributed by atoms with Crippen LogP contribution in [0.4, 0.5) is 0 Å². The zero-order chi connectivity index (χ0) is 12.4. The van der Waals surface area contributed by atoms with Crippen molar-refractivity contribution in [3.05, 3.63) is 18.0 Å². The Hall–Kier alpha value is -0.830. The van der Waals surface area contributed by atoms with E-state index in [0.717, 1.165) is 13.0 Å². The highest BCUT2D eigenvalue weighted by Gasteiger charge is 2.24. The van der Waals surface area contributed by atoms with E-state index in [9.17, 15) is 0 Å². The van der Waals surface area contributed by atoms with Crippen LogP contribution >= 0.6 is 0 Å². The summed E-state index contributed by atoms with van der Waals surface area (Å²) in [4.78, 5) is 0. The van der Waals surface area contributed by atoms with E-state index in [-0.39, 0.29) is 5.54 Å². The first-order chi connectivity index (χ1) is 7.18. The van der Waals surface area contributed by atoms with Crippen molar-refractivity contribution >= 4 is 0 Å². The van der Waals surface area contributed by atoms with Crippen LogP contribution in [0.25, 0.3) is 0 Å². The quantitative estimate of drug-likeness (QED) is 0.850. The van der Waals surface area contributed by atoms with Gasteiger partial charge in [-0.1, -0.05) is 20.8 Å². The number of hydrogen-bond acceptors (Lipinski definition) is 2.